The van der Waals surface area contributed by atoms with E-state index in [1.807, 2.05) is 28.9 Å². The normalized spacial score (nSPS) is 14.7. The fraction of sp³-hybridized carbons (Fsp3) is 0.350. The van der Waals surface area contributed by atoms with Crippen LogP contribution in [0.4, 0.5) is 0 Å². The third-order valence-electron chi connectivity index (χ3n) is 4.89. The average Bonchev–Trinajstić information content (AvgIpc) is 3.34. The quantitative estimate of drug-likeness (QED) is 0.361. The van der Waals surface area contributed by atoms with Crippen LogP contribution in [-0.4, -0.2) is 29.5 Å². The van der Waals surface area contributed by atoms with Crippen molar-refractivity contribution in [2.75, 3.05) is 5.88 Å². The van der Waals surface area contributed by atoms with Crippen LogP contribution in [0.15, 0.2) is 52.9 Å². The number of phenolic OH excluding ortho intramolecular Hbond substituents is 1. The molecule has 150 valence electrons. The number of aromatic nitrogens is 2. The molecule has 3 atom stereocenters. The van der Waals surface area contributed by atoms with Crippen LogP contribution >= 0.6 is 22.9 Å². The number of hydrogen-bond acceptors (Lipinski definition) is 4. The Morgan fingerprint density at radius 3 is 2.57 bits per heavy atom. The van der Waals surface area contributed by atoms with E-state index in [9.17, 15) is 13.9 Å². The Kier molecular flexibility index (Phi) is 7.29. The van der Waals surface area contributed by atoms with Gasteiger partial charge in [-0.25, -0.2) is 4.21 Å². The molecule has 0 fully saturated rings. The fourth-order valence-corrected chi connectivity index (χ4v) is 5.46. The maximum Gasteiger partial charge on any atom is 0.196 e. The third-order valence-corrected chi connectivity index (χ3v) is 7.23. The second-order valence-corrected chi connectivity index (χ2v) is 9.30. The van der Waals surface area contributed by atoms with Crippen molar-refractivity contribution in [3.63, 3.8) is 0 Å². The van der Waals surface area contributed by atoms with Crippen LogP contribution in [0.25, 0.3) is 0 Å². The van der Waals surface area contributed by atoms with E-state index >= 15 is 0 Å². The van der Waals surface area contributed by atoms with Crippen LogP contribution < -0.4 is 0 Å². The third kappa shape index (κ3) is 4.84. The van der Waals surface area contributed by atoms with E-state index in [1.54, 1.807) is 24.4 Å². The summed E-state index contributed by atoms with van der Waals surface area (Å²) in [5.74, 6) is 1.14. The van der Waals surface area contributed by atoms with Gasteiger partial charge < -0.3 is 9.66 Å². The lowest BCUT2D eigenvalue weighted by atomic mass is 9.84. The summed E-state index contributed by atoms with van der Waals surface area (Å²) in [5, 5.41) is 14.0. The van der Waals surface area contributed by atoms with E-state index in [4.69, 9.17) is 11.6 Å². The molecule has 0 bridgehead atoms. The monoisotopic (exact) mass is 438 g/mol. The second kappa shape index (κ2) is 9.69. The predicted octanol–water partition coefficient (Wildman–Crippen LogP) is 5.07. The number of rotatable bonds is 9. The predicted molar refractivity (Wildman–Crippen MR) is 114 cm³/mol. The van der Waals surface area contributed by atoms with Gasteiger partial charge in [0.2, 0.25) is 0 Å². The summed E-state index contributed by atoms with van der Waals surface area (Å²) >= 11 is 5.46. The van der Waals surface area contributed by atoms with Gasteiger partial charge in [-0.15, -0.1) is 22.9 Å². The van der Waals surface area contributed by atoms with E-state index in [0.29, 0.717) is 22.6 Å². The molecule has 3 unspecified atom stereocenters. The van der Waals surface area contributed by atoms with Gasteiger partial charge in [0.25, 0.3) is 0 Å². The van der Waals surface area contributed by atoms with Gasteiger partial charge in [-0.05, 0) is 48.2 Å². The van der Waals surface area contributed by atoms with Gasteiger partial charge in [-0.1, -0.05) is 25.5 Å². The minimum absolute atomic E-state index is 0.0469. The summed E-state index contributed by atoms with van der Waals surface area (Å²) < 4.78 is 23.3. The largest absolute Gasteiger partial charge is 0.508 e. The van der Waals surface area contributed by atoms with Gasteiger partial charge >= 0.3 is 0 Å². The lowest BCUT2D eigenvalue weighted by Crippen LogP contribution is -2.18. The highest BCUT2D eigenvalue weighted by Gasteiger charge is 2.28. The molecule has 8 heteroatoms. The number of nitrogens with zero attached hydrogens (tertiary/aromatic N) is 2. The number of alkyl halides is 1. The Balaban J connectivity index is 1.99. The summed E-state index contributed by atoms with van der Waals surface area (Å²) in [6, 6.07) is 12.8. The summed E-state index contributed by atoms with van der Waals surface area (Å²) in [4.78, 5) is 1.04. The zero-order valence-electron chi connectivity index (χ0n) is 15.5. The van der Waals surface area contributed by atoms with E-state index < -0.39 is 11.1 Å². The van der Waals surface area contributed by atoms with Crippen LogP contribution in [0, 0.1) is 5.92 Å². The van der Waals surface area contributed by atoms with Gasteiger partial charge in [0.1, 0.15) is 9.96 Å². The lowest BCUT2D eigenvalue weighted by Gasteiger charge is -2.26. The number of benzene rings is 1. The zero-order valence-corrected chi connectivity index (χ0v) is 17.9. The Labute approximate surface area is 176 Å². The topological polar surface area (TPSA) is 75.3 Å². The number of halogens is 1. The fourth-order valence-electron chi connectivity index (χ4n) is 3.48. The summed E-state index contributed by atoms with van der Waals surface area (Å²) in [5.41, 5.74) is 2.09. The maximum atomic E-state index is 11.5. The van der Waals surface area contributed by atoms with Crippen LogP contribution in [0.3, 0.4) is 0 Å². The first-order chi connectivity index (χ1) is 13.5. The molecule has 0 aliphatic carbocycles. The molecule has 5 nitrogen and oxygen atoms in total. The smallest absolute Gasteiger partial charge is 0.196 e. The van der Waals surface area contributed by atoms with Gasteiger partial charge in [-0.3, -0.25) is 4.68 Å². The number of phenols is 1. The summed E-state index contributed by atoms with van der Waals surface area (Å²) in [7, 11) is 0. The molecule has 1 aromatic carbocycles. The van der Waals surface area contributed by atoms with Crippen LogP contribution in [0.5, 0.6) is 5.75 Å². The molecule has 0 saturated carbocycles. The van der Waals surface area contributed by atoms with Crippen molar-refractivity contribution < 1.29 is 13.9 Å². The number of thiophene rings is 1. The molecular weight excluding hydrogens is 416 g/mol. The minimum Gasteiger partial charge on any atom is -0.508 e. The first-order valence-electron chi connectivity index (χ1n) is 9.09. The Morgan fingerprint density at radius 1 is 1.21 bits per heavy atom. The van der Waals surface area contributed by atoms with Gasteiger partial charge in [-0.2, -0.15) is 5.10 Å². The molecule has 2 heterocycles. The van der Waals surface area contributed by atoms with Crippen molar-refractivity contribution in [1.29, 1.82) is 0 Å². The molecule has 0 aliphatic heterocycles. The number of aromatic hydroxyl groups is 1. The minimum atomic E-state index is -1.98. The Hall–Kier alpha value is -1.67. The second-order valence-electron chi connectivity index (χ2n) is 6.61. The Bertz CT molecular complexity index is 924. The van der Waals surface area contributed by atoms with Crippen molar-refractivity contribution in [3.05, 3.63) is 64.8 Å². The van der Waals surface area contributed by atoms with E-state index in [1.165, 1.54) is 11.3 Å². The SMILES string of the molecule is CCC(CCCl)C(c1ccc(S(=O)O)s1)c1ccnn1Cc1ccc(O)cc1. The highest BCUT2D eigenvalue weighted by atomic mass is 35.5. The van der Waals surface area contributed by atoms with Gasteiger partial charge in [0.05, 0.1) is 6.54 Å². The first-order valence-corrected chi connectivity index (χ1v) is 11.6. The molecule has 28 heavy (non-hydrogen) atoms. The molecule has 3 rings (SSSR count). The van der Waals surface area contributed by atoms with Gasteiger partial charge in [0, 0.05) is 28.6 Å². The van der Waals surface area contributed by atoms with Crippen molar-refractivity contribution in [2.24, 2.45) is 5.92 Å². The van der Waals surface area contributed by atoms with Crippen LogP contribution in [0.2, 0.25) is 0 Å². The van der Waals surface area contributed by atoms with Crippen LogP contribution in [0.1, 0.15) is 41.8 Å². The maximum absolute atomic E-state index is 11.5. The molecule has 2 N–H and O–H groups in total. The zero-order chi connectivity index (χ0) is 20.1. The van der Waals surface area contributed by atoms with E-state index in [2.05, 4.69) is 12.0 Å². The molecule has 0 amide bonds. The number of hydrogen-bond donors (Lipinski definition) is 2. The van der Waals surface area contributed by atoms with E-state index in [-0.39, 0.29) is 11.7 Å². The molecule has 0 radical (unpaired) electrons. The van der Waals surface area contributed by atoms with Crippen molar-refractivity contribution >= 4 is 34.0 Å². The molecular formula is C20H23ClN2O3S2. The molecule has 0 aliphatic rings. The van der Waals surface area contributed by atoms with Crippen molar-refractivity contribution in [1.82, 2.24) is 9.78 Å². The first kappa shape index (κ1) is 21.0. The van der Waals surface area contributed by atoms with Crippen molar-refractivity contribution in [3.8, 4) is 5.75 Å². The average molecular weight is 439 g/mol. The standard InChI is InChI=1S/C20H23ClN2O3S2/c1-2-15(9-11-21)20(18-7-8-19(27-18)28(25)26)17-10-12-22-23(17)13-14-3-5-16(24)6-4-14/h3-8,10,12,15,20,24H,2,9,11,13H2,1H3,(H,25,26). The molecule has 2 aromatic heterocycles. The molecule has 0 spiro atoms. The van der Waals surface area contributed by atoms with Crippen molar-refractivity contribution in [2.45, 2.75) is 36.4 Å². The highest BCUT2D eigenvalue weighted by Crippen LogP contribution is 2.40. The highest BCUT2D eigenvalue weighted by molar-refractivity contribution is 7.81. The van der Waals surface area contributed by atoms with E-state index in [0.717, 1.165) is 29.0 Å². The summed E-state index contributed by atoms with van der Waals surface area (Å²) in [6.07, 6.45) is 3.58. The van der Waals surface area contributed by atoms with Crippen LogP contribution in [-0.2, 0) is 17.6 Å². The summed E-state index contributed by atoms with van der Waals surface area (Å²) in [6.45, 7) is 2.73. The molecule has 0 saturated heterocycles. The Morgan fingerprint density at radius 2 is 1.96 bits per heavy atom. The lowest BCUT2D eigenvalue weighted by molar-refractivity contribution is 0.422. The molecule has 3 aromatic rings. The van der Waals surface area contributed by atoms with Gasteiger partial charge in [0.15, 0.2) is 11.1 Å².